The van der Waals surface area contributed by atoms with E-state index >= 15 is 0 Å². The van der Waals surface area contributed by atoms with Crippen LogP contribution < -0.4 is 0 Å². The average Bonchev–Trinajstić information content (AvgIpc) is 3.05. The normalized spacial score (nSPS) is 9.40. The minimum atomic E-state index is -0.307. The van der Waals surface area contributed by atoms with E-state index in [9.17, 15) is 24.0 Å². The molecule has 0 atom stereocenters. The quantitative estimate of drug-likeness (QED) is 0.0492. The number of carbonyl (C=O) groups is 5. The van der Waals surface area contributed by atoms with E-state index in [1.807, 2.05) is 20.8 Å². The van der Waals surface area contributed by atoms with Crippen molar-refractivity contribution in [3.63, 3.8) is 0 Å². The van der Waals surface area contributed by atoms with Gasteiger partial charge in [0.2, 0.25) is 0 Å². The molecule has 0 radical (unpaired) electrons. The molecular formula is C35H70O15. The molecule has 0 saturated heterocycles. The fourth-order valence-corrected chi connectivity index (χ4v) is 2.42. The Labute approximate surface area is 301 Å². The van der Waals surface area contributed by atoms with Crippen LogP contribution in [0.2, 0.25) is 0 Å². The molecule has 0 aliphatic carbocycles. The van der Waals surface area contributed by atoms with E-state index in [0.717, 1.165) is 71.4 Å². The molecule has 0 N–H and O–H groups in total. The Morgan fingerprint density at radius 2 is 0.640 bits per heavy atom. The van der Waals surface area contributed by atoms with Crippen molar-refractivity contribution < 1.29 is 71.3 Å². The summed E-state index contributed by atoms with van der Waals surface area (Å²) in [7, 11) is 0. The second kappa shape index (κ2) is 53.0. The first-order chi connectivity index (χ1) is 23.9. The largest absolute Gasteiger partial charge is 0.466 e. The van der Waals surface area contributed by atoms with E-state index in [0.29, 0.717) is 46.2 Å². The summed E-state index contributed by atoms with van der Waals surface area (Å²) in [5.41, 5.74) is 0. The number of esters is 5. The summed E-state index contributed by atoms with van der Waals surface area (Å²) in [4.78, 5) is 50.9. The number of hydrogen-bond donors (Lipinski definition) is 0. The van der Waals surface area contributed by atoms with Gasteiger partial charge < -0.3 is 47.4 Å². The molecule has 0 aromatic rings. The molecule has 15 nitrogen and oxygen atoms in total. The molecule has 0 unspecified atom stereocenters. The molecule has 0 spiro atoms. The molecule has 0 aliphatic rings. The molecule has 0 rings (SSSR count). The van der Waals surface area contributed by atoms with Gasteiger partial charge in [-0.05, 0) is 45.4 Å². The van der Waals surface area contributed by atoms with Crippen LogP contribution in [-0.2, 0) is 71.3 Å². The Bertz CT molecular complexity index is 733. The van der Waals surface area contributed by atoms with E-state index in [-0.39, 0.29) is 43.4 Å². The van der Waals surface area contributed by atoms with E-state index in [1.54, 1.807) is 0 Å². The molecule has 0 aromatic carbocycles. The molecule has 0 amide bonds. The second-order valence-corrected chi connectivity index (χ2v) is 9.83. The molecule has 0 saturated carbocycles. The number of rotatable bonds is 25. The van der Waals surface area contributed by atoms with E-state index in [1.165, 1.54) is 34.6 Å². The second-order valence-electron chi connectivity index (χ2n) is 9.83. The fourth-order valence-electron chi connectivity index (χ4n) is 2.42. The van der Waals surface area contributed by atoms with Crippen LogP contribution in [-0.4, -0.2) is 116 Å². The highest BCUT2D eigenvalue weighted by Gasteiger charge is 1.94. The van der Waals surface area contributed by atoms with Crippen molar-refractivity contribution in [3.8, 4) is 0 Å². The molecule has 300 valence electrons. The lowest BCUT2D eigenvalue weighted by molar-refractivity contribution is -0.154. The highest BCUT2D eigenvalue weighted by molar-refractivity contribution is 5.66. The third-order valence-electron chi connectivity index (χ3n) is 4.55. The molecule has 0 bridgehead atoms. The monoisotopic (exact) mass is 730 g/mol. The van der Waals surface area contributed by atoms with Crippen LogP contribution in [0.3, 0.4) is 0 Å². The average molecular weight is 731 g/mol. The van der Waals surface area contributed by atoms with Crippen molar-refractivity contribution in [3.05, 3.63) is 0 Å². The summed E-state index contributed by atoms with van der Waals surface area (Å²) in [6, 6.07) is 0. The Morgan fingerprint density at radius 1 is 0.320 bits per heavy atom. The van der Waals surface area contributed by atoms with Crippen LogP contribution in [0.5, 0.6) is 0 Å². The minimum absolute atomic E-state index is 0.0752. The van der Waals surface area contributed by atoms with Crippen molar-refractivity contribution in [1.82, 2.24) is 0 Å². The number of hydrogen-bond acceptors (Lipinski definition) is 15. The van der Waals surface area contributed by atoms with Crippen LogP contribution in [0.1, 0.15) is 114 Å². The number of ether oxygens (including phenoxy) is 10. The predicted molar refractivity (Wildman–Crippen MR) is 188 cm³/mol. The summed E-state index contributed by atoms with van der Waals surface area (Å²) >= 11 is 0. The Hall–Kier alpha value is -2.85. The lowest BCUT2D eigenvalue weighted by atomic mass is 10.3. The van der Waals surface area contributed by atoms with E-state index in [2.05, 4.69) is 28.1 Å². The zero-order valence-electron chi connectivity index (χ0n) is 32.8. The summed E-state index contributed by atoms with van der Waals surface area (Å²) < 4.78 is 48.0. The maximum Gasteiger partial charge on any atom is 0.304 e. The van der Waals surface area contributed by atoms with Crippen molar-refractivity contribution in [2.75, 3.05) is 86.3 Å². The highest BCUT2D eigenvalue weighted by atomic mass is 16.7. The van der Waals surface area contributed by atoms with Gasteiger partial charge in [-0.15, -0.1) is 0 Å². The van der Waals surface area contributed by atoms with Gasteiger partial charge in [-0.25, -0.2) is 0 Å². The molecule has 0 aliphatic heterocycles. The first-order valence-electron chi connectivity index (χ1n) is 17.4. The molecule has 0 heterocycles. The maximum atomic E-state index is 10.3. The van der Waals surface area contributed by atoms with Gasteiger partial charge in [0.25, 0.3) is 0 Å². The van der Waals surface area contributed by atoms with Gasteiger partial charge in [0.15, 0.2) is 13.6 Å². The SMILES string of the molecule is CCCOCCCCOC(C)=O.CCCOCCCOC(C)=O.CCCOCCOC(C)=O.CCCOCOC(C)=O.CCOCOC(C)=O. The van der Waals surface area contributed by atoms with Crippen LogP contribution in [0.15, 0.2) is 0 Å². The van der Waals surface area contributed by atoms with Crippen LogP contribution in [0.4, 0.5) is 0 Å². The molecule has 50 heavy (non-hydrogen) atoms. The van der Waals surface area contributed by atoms with Gasteiger partial charge in [0.05, 0.1) is 26.4 Å². The first-order valence-corrected chi connectivity index (χ1v) is 17.4. The van der Waals surface area contributed by atoms with Crippen LogP contribution >= 0.6 is 0 Å². The summed E-state index contributed by atoms with van der Waals surface area (Å²) in [5, 5.41) is 0. The smallest absolute Gasteiger partial charge is 0.304 e. The summed E-state index contributed by atoms with van der Waals surface area (Å²) in [6.07, 6.45) is 6.69. The van der Waals surface area contributed by atoms with Gasteiger partial charge >= 0.3 is 29.8 Å². The van der Waals surface area contributed by atoms with E-state index < -0.39 is 0 Å². The fraction of sp³-hybridized carbons (Fsp3) is 0.857. The van der Waals surface area contributed by atoms with Crippen molar-refractivity contribution in [1.29, 1.82) is 0 Å². The molecular weight excluding hydrogens is 660 g/mol. The third kappa shape index (κ3) is 85.1. The van der Waals surface area contributed by atoms with Gasteiger partial charge in [0, 0.05) is 80.7 Å². The molecule has 0 fully saturated rings. The number of unbranched alkanes of at least 4 members (excludes halogenated alkanes) is 1. The minimum Gasteiger partial charge on any atom is -0.466 e. The standard InChI is InChI=1S/C9H18O3.C8H16O3.C7H14O3.C6H12O3.C5H10O3/c1-3-6-11-7-4-5-8-12-9(2)10;1-3-5-10-6-4-7-11-8(2)9;1-3-4-9-5-6-10-7(2)8;1-3-4-8-5-9-6(2)7;1-3-7-4-8-5(2)6/h3-8H2,1-2H3;3-7H2,1-2H3;3-6H2,1-2H3;3-5H2,1-2H3;3-4H2,1-2H3. The zero-order chi connectivity index (χ0) is 39.1. The summed E-state index contributed by atoms with van der Waals surface area (Å²) in [6.45, 7) is 24.0. The van der Waals surface area contributed by atoms with Crippen molar-refractivity contribution in [2.45, 2.75) is 114 Å². The Morgan fingerprint density at radius 3 is 1.04 bits per heavy atom. The predicted octanol–water partition coefficient (Wildman–Crippen LogP) is 5.58. The van der Waals surface area contributed by atoms with Crippen LogP contribution in [0.25, 0.3) is 0 Å². The third-order valence-corrected chi connectivity index (χ3v) is 4.55. The first kappa shape index (κ1) is 56.5. The van der Waals surface area contributed by atoms with Crippen molar-refractivity contribution >= 4 is 29.8 Å². The lowest BCUT2D eigenvalue weighted by Crippen LogP contribution is -2.07. The van der Waals surface area contributed by atoms with Gasteiger partial charge in [-0.1, -0.05) is 27.7 Å². The van der Waals surface area contributed by atoms with Crippen molar-refractivity contribution in [2.24, 2.45) is 0 Å². The Kier molecular flexibility index (Phi) is 59.9. The number of carbonyl (C=O) groups excluding carboxylic acids is 5. The maximum absolute atomic E-state index is 10.3. The van der Waals surface area contributed by atoms with Gasteiger partial charge in [-0.3, -0.25) is 24.0 Å². The topological polar surface area (TPSA) is 178 Å². The van der Waals surface area contributed by atoms with Gasteiger partial charge in [-0.2, -0.15) is 0 Å². The van der Waals surface area contributed by atoms with Gasteiger partial charge in [0.1, 0.15) is 6.61 Å². The zero-order valence-corrected chi connectivity index (χ0v) is 32.8. The van der Waals surface area contributed by atoms with E-state index in [4.69, 9.17) is 33.2 Å². The Balaban J connectivity index is -0.000000170. The molecule has 0 aromatic heterocycles. The van der Waals surface area contributed by atoms with Crippen LogP contribution in [0, 0.1) is 0 Å². The highest BCUT2D eigenvalue weighted by Crippen LogP contribution is 1.92. The lowest BCUT2D eigenvalue weighted by Gasteiger charge is -2.02. The summed E-state index contributed by atoms with van der Waals surface area (Å²) in [5.74, 6) is -1.28. The molecule has 15 heteroatoms.